The lowest BCUT2D eigenvalue weighted by molar-refractivity contribution is 0.672. The Bertz CT molecular complexity index is 4860. The molecule has 0 saturated heterocycles. The monoisotopic (exact) mass is 678 g/mol. The van der Waals surface area contributed by atoms with Crippen LogP contribution in [0.2, 0.25) is 0 Å². The second kappa shape index (κ2) is 11.0. The molecule has 0 spiro atoms. The van der Waals surface area contributed by atoms with Gasteiger partial charge in [-0.2, -0.15) is 0 Å². The Morgan fingerprint density at radius 1 is 0.392 bits per heavy atom. The van der Waals surface area contributed by atoms with Gasteiger partial charge in [0.15, 0.2) is 0 Å². The fraction of sp³-hybridized carbons (Fsp3) is 0.0400. The standard InChI is InChI=1S/C50H32O/c1-3-11-38-32(9-1)19-22-36-29-35(24-26-39(36)38)31-17-20-34(21-18-31)48-41-13-5-7-15-43(41)49(44-16-8-6-14-42(44)48)37-25-28-47-46(30-37)45-27-23-33-10-2-4-12-40(33)50(45)51-47/h1-5,7,9-30H,6,8H2/i1D,2D,3D,4D,5D,6D,7D,8D,9D,10D,11D,12D,13D,14D,15D,16D,17D,18D,19D,20D,21D,22D,23D,24D,25D,26D,27D,28D,29D,30D. The first-order chi connectivity index (χ1) is 37.8. The van der Waals surface area contributed by atoms with Crippen molar-refractivity contribution in [2.45, 2.75) is 12.8 Å². The number of rotatable bonds is 3. The van der Waals surface area contributed by atoms with Crippen LogP contribution in [0.25, 0.3) is 111 Å². The Hall–Kier alpha value is -6.44. The van der Waals surface area contributed by atoms with Gasteiger partial charge >= 0.3 is 0 Å². The Morgan fingerprint density at radius 2 is 0.922 bits per heavy atom. The minimum Gasteiger partial charge on any atom is -0.455 e. The highest BCUT2D eigenvalue weighted by atomic mass is 16.3. The summed E-state index contributed by atoms with van der Waals surface area (Å²) in [6, 6.07) is -25.0. The van der Waals surface area contributed by atoms with Crippen LogP contribution in [0.5, 0.6) is 0 Å². The Labute approximate surface area is 337 Å². The highest BCUT2D eigenvalue weighted by Crippen LogP contribution is 2.38. The van der Waals surface area contributed by atoms with E-state index in [-0.39, 0.29) is 0 Å². The van der Waals surface area contributed by atoms with Crippen molar-refractivity contribution in [1.82, 2.24) is 0 Å². The fourth-order valence-electron chi connectivity index (χ4n) is 6.36. The summed E-state index contributed by atoms with van der Waals surface area (Å²) in [6.07, 6.45) is -4.06. The molecule has 1 heterocycles. The molecule has 238 valence electrons. The Kier molecular flexibility index (Phi) is 2.56. The predicted molar refractivity (Wildman–Crippen MR) is 217 cm³/mol. The third-order valence-corrected chi connectivity index (χ3v) is 8.60. The molecule has 0 aliphatic heterocycles. The predicted octanol–water partition coefficient (Wildman–Crippen LogP) is 12.6. The number of hydrogen-bond donors (Lipinski definition) is 0. The van der Waals surface area contributed by atoms with Gasteiger partial charge in [0, 0.05) is 18.9 Å². The molecule has 51 heavy (non-hydrogen) atoms. The second-order valence-electron chi connectivity index (χ2n) is 11.4. The fourth-order valence-corrected chi connectivity index (χ4v) is 6.36. The summed E-state index contributed by atoms with van der Waals surface area (Å²) >= 11 is 0. The molecule has 0 N–H and O–H groups in total. The van der Waals surface area contributed by atoms with Gasteiger partial charge in [-0.25, -0.2) is 0 Å². The molecule has 0 saturated carbocycles. The van der Waals surface area contributed by atoms with Crippen LogP contribution in [0.3, 0.4) is 0 Å². The summed E-state index contributed by atoms with van der Waals surface area (Å²) in [5, 5.41) is -6.89. The lowest BCUT2D eigenvalue weighted by atomic mass is 9.85. The molecule has 0 radical (unpaired) electrons. The quantitative estimate of drug-likeness (QED) is 0.170. The number of benzene rings is 9. The van der Waals surface area contributed by atoms with Crippen molar-refractivity contribution in [3.63, 3.8) is 0 Å². The topological polar surface area (TPSA) is 13.1 Å². The molecule has 0 amide bonds. The normalized spacial score (nSPS) is 24.4. The van der Waals surface area contributed by atoms with Crippen LogP contribution in [-0.4, -0.2) is 0 Å². The maximum atomic E-state index is 9.86. The van der Waals surface area contributed by atoms with Gasteiger partial charge < -0.3 is 4.42 Å². The average Bonchev–Trinajstić information content (AvgIpc) is 3.98. The van der Waals surface area contributed by atoms with Crippen LogP contribution in [-0.2, 0) is 0 Å². The average molecular weight is 679 g/mol. The molecule has 1 aliphatic rings. The maximum absolute atomic E-state index is 9.86. The molecule has 2 unspecified atom stereocenters. The summed E-state index contributed by atoms with van der Waals surface area (Å²) in [5.74, 6) is 0. The Balaban J connectivity index is 1.33. The van der Waals surface area contributed by atoms with Crippen molar-refractivity contribution in [2.75, 3.05) is 0 Å². The van der Waals surface area contributed by atoms with Crippen molar-refractivity contribution in [1.29, 1.82) is 0 Å². The van der Waals surface area contributed by atoms with E-state index in [0.717, 1.165) is 0 Å². The van der Waals surface area contributed by atoms with Gasteiger partial charge in [0.2, 0.25) is 0 Å². The number of furan rings is 1. The zero-order chi connectivity index (χ0) is 59.6. The van der Waals surface area contributed by atoms with Gasteiger partial charge in [0.1, 0.15) is 11.2 Å². The van der Waals surface area contributed by atoms with Gasteiger partial charge in [0.25, 0.3) is 0 Å². The van der Waals surface area contributed by atoms with Crippen LogP contribution >= 0.6 is 0 Å². The van der Waals surface area contributed by atoms with Crippen LogP contribution in [0.4, 0.5) is 0 Å². The first kappa shape index (κ1) is 11.8. The molecular formula is C50H32O. The van der Waals surface area contributed by atoms with Crippen LogP contribution in [0, 0.1) is 0 Å². The van der Waals surface area contributed by atoms with Crippen LogP contribution in [0.1, 0.15) is 53.9 Å². The highest BCUT2D eigenvalue weighted by Gasteiger charge is 2.18. The first-order valence-corrected chi connectivity index (χ1v) is 15.3. The number of hydrogen-bond acceptors (Lipinski definition) is 1. The van der Waals surface area contributed by atoms with Crippen molar-refractivity contribution in [3.8, 4) is 33.4 Å². The van der Waals surface area contributed by atoms with E-state index in [2.05, 4.69) is 0 Å². The zero-order valence-corrected chi connectivity index (χ0v) is 25.6. The molecule has 1 aromatic heterocycles. The summed E-state index contributed by atoms with van der Waals surface area (Å²) in [6.45, 7) is 0. The summed E-state index contributed by atoms with van der Waals surface area (Å²) in [7, 11) is 0. The van der Waals surface area contributed by atoms with E-state index < -0.39 is 291 Å². The van der Waals surface area contributed by atoms with Gasteiger partial charge in [-0.15, -0.1) is 0 Å². The van der Waals surface area contributed by atoms with Gasteiger partial charge in [-0.05, 0) is 118 Å². The van der Waals surface area contributed by atoms with E-state index in [1.807, 2.05) is 0 Å². The molecule has 1 heteroatoms. The highest BCUT2D eigenvalue weighted by molar-refractivity contribution is 6.16. The minimum absolute atomic E-state index is 0.421. The smallest absolute Gasteiger partial charge is 0.143 e. The largest absolute Gasteiger partial charge is 0.455 e. The van der Waals surface area contributed by atoms with Crippen LogP contribution < -0.4 is 10.4 Å². The number of fused-ring (bicyclic) bond motifs is 10. The third kappa shape index (κ3) is 4.35. The van der Waals surface area contributed by atoms with Gasteiger partial charge in [-0.3, -0.25) is 0 Å². The molecule has 9 aromatic carbocycles. The molecule has 0 bridgehead atoms. The molecule has 10 aromatic rings. The maximum Gasteiger partial charge on any atom is 0.143 e. The van der Waals surface area contributed by atoms with Crippen molar-refractivity contribution in [2.24, 2.45) is 0 Å². The van der Waals surface area contributed by atoms with Crippen molar-refractivity contribution >= 4 is 77.1 Å². The van der Waals surface area contributed by atoms with Gasteiger partial charge in [0.05, 0.1) is 38.4 Å². The molecule has 0 fully saturated rings. The molecule has 1 aliphatic carbocycles. The lowest BCUT2D eigenvalue weighted by Crippen LogP contribution is -2.31. The molecule has 2 atom stereocenters. The second-order valence-corrected chi connectivity index (χ2v) is 11.4. The van der Waals surface area contributed by atoms with E-state index in [9.17, 15) is 17.8 Å². The molecule has 11 rings (SSSR count). The van der Waals surface area contributed by atoms with E-state index in [0.29, 0.717) is 0 Å². The third-order valence-electron chi connectivity index (χ3n) is 8.60. The molecule has 1 nitrogen and oxygen atoms in total. The van der Waals surface area contributed by atoms with E-state index in [4.69, 9.17) is 27.7 Å². The Morgan fingerprint density at radius 3 is 1.69 bits per heavy atom. The minimum atomic E-state index is -2.03. The SMILES string of the molecule is [2H]C1=c2c(-c3c([2H])c([2H])c(-c4c([2H])c([2H])c5c(c4[2H])c([2H])c([2H])c4c([2H])c([2H])c([2H])c([2H])c45)c([2H])c3[2H])c3c([2H])c([2H])c([2H])c([2H])c3c(-c3c([2H])c([2H])c4oc5c6c([2H])c([2H])c([2H])c([2H])c6c([2H])c([2H])c5c4c3[2H])c2=C([2H])C([2H])C1[2H]. The van der Waals surface area contributed by atoms with Crippen molar-refractivity contribution < 1.29 is 45.5 Å². The first-order valence-electron chi connectivity index (χ1n) is 30.5. The van der Waals surface area contributed by atoms with E-state index >= 15 is 0 Å². The van der Waals surface area contributed by atoms with Crippen molar-refractivity contribution in [3.05, 3.63) is 168 Å². The summed E-state index contributed by atoms with van der Waals surface area (Å²) < 4.78 is 278. The summed E-state index contributed by atoms with van der Waals surface area (Å²) in [4.78, 5) is 0. The van der Waals surface area contributed by atoms with E-state index in [1.165, 1.54) is 0 Å². The molecular weight excluding hydrogens is 617 g/mol. The zero-order valence-electron chi connectivity index (χ0n) is 55.6. The lowest BCUT2D eigenvalue weighted by Gasteiger charge is -2.18. The van der Waals surface area contributed by atoms with E-state index in [1.54, 1.807) is 0 Å². The van der Waals surface area contributed by atoms with Crippen LogP contribution in [0.15, 0.2) is 162 Å². The van der Waals surface area contributed by atoms with Gasteiger partial charge in [-0.1, -0.05) is 145 Å². The summed E-state index contributed by atoms with van der Waals surface area (Å²) in [5.41, 5.74) is -5.88.